The lowest BCUT2D eigenvalue weighted by Crippen LogP contribution is -2.38. The van der Waals surface area contributed by atoms with Gasteiger partial charge in [-0.15, -0.1) is 0 Å². The molecule has 0 bridgehead atoms. The summed E-state index contributed by atoms with van der Waals surface area (Å²) in [6, 6.07) is 9.57. The van der Waals surface area contributed by atoms with E-state index in [1.807, 2.05) is 30.3 Å². The summed E-state index contributed by atoms with van der Waals surface area (Å²) in [5, 5.41) is 0. The van der Waals surface area contributed by atoms with E-state index >= 15 is 0 Å². The van der Waals surface area contributed by atoms with Crippen LogP contribution in [0.3, 0.4) is 0 Å². The summed E-state index contributed by atoms with van der Waals surface area (Å²) in [5.41, 5.74) is 7.01. The fourth-order valence-corrected chi connectivity index (χ4v) is 5.19. The standard InChI is InChI=1S/C15H22N2O2S/c16-15-8-4-7-13-9-17(10-14(13)15)20(18,19)11-12-5-2-1-3-6-12/h1-3,5-6,13-15H,4,7-11,16H2. The van der Waals surface area contributed by atoms with Gasteiger partial charge in [0.25, 0.3) is 0 Å². The Balaban J connectivity index is 1.73. The Morgan fingerprint density at radius 1 is 1.15 bits per heavy atom. The number of benzene rings is 1. The van der Waals surface area contributed by atoms with Crippen LogP contribution in [0.4, 0.5) is 0 Å². The van der Waals surface area contributed by atoms with Gasteiger partial charge in [-0.25, -0.2) is 12.7 Å². The number of fused-ring (bicyclic) bond motifs is 1. The molecular weight excluding hydrogens is 272 g/mol. The van der Waals surface area contributed by atoms with Gasteiger partial charge >= 0.3 is 0 Å². The number of sulfonamides is 1. The van der Waals surface area contributed by atoms with Crippen LogP contribution in [0.2, 0.25) is 0 Å². The molecule has 1 saturated carbocycles. The Morgan fingerprint density at radius 2 is 1.90 bits per heavy atom. The lowest BCUT2D eigenvalue weighted by Gasteiger charge is -2.29. The van der Waals surface area contributed by atoms with Gasteiger partial charge in [0.15, 0.2) is 0 Å². The Bertz CT molecular complexity index is 558. The molecule has 5 heteroatoms. The molecule has 4 nitrogen and oxygen atoms in total. The predicted molar refractivity (Wildman–Crippen MR) is 79.4 cm³/mol. The first-order chi connectivity index (χ1) is 9.56. The van der Waals surface area contributed by atoms with Crippen molar-refractivity contribution in [3.05, 3.63) is 35.9 Å². The summed E-state index contributed by atoms with van der Waals surface area (Å²) in [6.07, 6.45) is 3.29. The molecule has 0 radical (unpaired) electrons. The van der Waals surface area contributed by atoms with Gasteiger partial charge in [0.05, 0.1) is 5.75 Å². The van der Waals surface area contributed by atoms with Gasteiger partial charge in [0.1, 0.15) is 0 Å². The molecule has 3 unspecified atom stereocenters. The summed E-state index contributed by atoms with van der Waals surface area (Å²) in [4.78, 5) is 0. The van der Waals surface area contributed by atoms with E-state index in [4.69, 9.17) is 5.73 Å². The third-order valence-electron chi connectivity index (χ3n) is 4.71. The molecule has 2 fully saturated rings. The third-order valence-corrected chi connectivity index (χ3v) is 6.49. The van der Waals surface area contributed by atoms with Gasteiger partial charge in [-0.2, -0.15) is 0 Å². The zero-order chi connectivity index (χ0) is 14.2. The average Bonchev–Trinajstić information content (AvgIpc) is 2.86. The van der Waals surface area contributed by atoms with Crippen molar-refractivity contribution in [3.63, 3.8) is 0 Å². The van der Waals surface area contributed by atoms with Crippen LogP contribution in [0.5, 0.6) is 0 Å². The van der Waals surface area contributed by atoms with Crippen LogP contribution >= 0.6 is 0 Å². The number of hydrogen-bond donors (Lipinski definition) is 1. The van der Waals surface area contributed by atoms with Crippen molar-refractivity contribution in [3.8, 4) is 0 Å². The SMILES string of the molecule is NC1CCCC2CN(S(=O)(=O)Cc3ccccc3)CC12. The minimum Gasteiger partial charge on any atom is -0.327 e. The quantitative estimate of drug-likeness (QED) is 0.920. The van der Waals surface area contributed by atoms with Crippen LogP contribution in [-0.4, -0.2) is 31.9 Å². The fourth-order valence-electron chi connectivity index (χ4n) is 3.58. The highest BCUT2D eigenvalue weighted by molar-refractivity contribution is 7.88. The maximum absolute atomic E-state index is 12.5. The van der Waals surface area contributed by atoms with Crippen molar-refractivity contribution in [2.24, 2.45) is 17.6 Å². The topological polar surface area (TPSA) is 63.4 Å². The van der Waals surface area contributed by atoms with E-state index in [9.17, 15) is 8.42 Å². The van der Waals surface area contributed by atoms with Gasteiger partial charge in [-0.05, 0) is 30.2 Å². The Morgan fingerprint density at radius 3 is 2.60 bits per heavy atom. The maximum atomic E-state index is 12.5. The minimum atomic E-state index is -3.22. The van der Waals surface area contributed by atoms with Crippen LogP contribution in [0.25, 0.3) is 0 Å². The van der Waals surface area contributed by atoms with Gasteiger partial charge in [0.2, 0.25) is 10.0 Å². The van der Waals surface area contributed by atoms with Crippen LogP contribution in [-0.2, 0) is 15.8 Å². The Hall–Kier alpha value is -0.910. The number of nitrogens with two attached hydrogens (primary N) is 1. The normalized spacial score (nSPS) is 31.1. The lowest BCUT2D eigenvalue weighted by atomic mass is 9.78. The van der Waals surface area contributed by atoms with Crippen molar-refractivity contribution in [2.45, 2.75) is 31.1 Å². The Kier molecular flexibility index (Phi) is 3.84. The van der Waals surface area contributed by atoms with Crippen LogP contribution in [0.1, 0.15) is 24.8 Å². The molecule has 3 atom stereocenters. The molecule has 2 N–H and O–H groups in total. The molecule has 0 amide bonds. The van der Waals surface area contributed by atoms with E-state index in [0.717, 1.165) is 24.8 Å². The van der Waals surface area contributed by atoms with E-state index in [-0.39, 0.29) is 11.8 Å². The first-order valence-corrected chi connectivity index (χ1v) is 8.94. The molecule has 1 heterocycles. The van der Waals surface area contributed by atoms with Gasteiger partial charge < -0.3 is 5.73 Å². The molecule has 0 spiro atoms. The molecule has 1 aliphatic heterocycles. The van der Waals surface area contributed by atoms with E-state index in [0.29, 0.717) is 24.9 Å². The molecule has 1 aromatic carbocycles. The van der Waals surface area contributed by atoms with Crippen LogP contribution in [0.15, 0.2) is 30.3 Å². The van der Waals surface area contributed by atoms with Crippen LogP contribution < -0.4 is 5.73 Å². The lowest BCUT2D eigenvalue weighted by molar-refractivity contribution is 0.260. The molecule has 3 rings (SSSR count). The van der Waals surface area contributed by atoms with Crippen LogP contribution in [0, 0.1) is 11.8 Å². The summed E-state index contributed by atoms with van der Waals surface area (Å²) in [5.74, 6) is 0.918. The van der Waals surface area contributed by atoms with Crippen molar-refractivity contribution >= 4 is 10.0 Å². The molecule has 1 aliphatic carbocycles. The third kappa shape index (κ3) is 2.75. The van der Waals surface area contributed by atoms with Gasteiger partial charge in [-0.1, -0.05) is 36.8 Å². The largest absolute Gasteiger partial charge is 0.327 e. The minimum absolute atomic E-state index is 0.0997. The molecule has 2 aliphatic rings. The zero-order valence-electron chi connectivity index (χ0n) is 11.6. The molecule has 110 valence electrons. The zero-order valence-corrected chi connectivity index (χ0v) is 12.4. The second-order valence-corrected chi connectivity index (χ2v) is 8.05. The van der Waals surface area contributed by atoms with Gasteiger partial charge in [-0.3, -0.25) is 0 Å². The summed E-state index contributed by atoms with van der Waals surface area (Å²) < 4.78 is 26.7. The Labute approximate surface area is 121 Å². The van der Waals surface area contributed by atoms with Crippen molar-refractivity contribution in [1.82, 2.24) is 4.31 Å². The van der Waals surface area contributed by atoms with E-state index in [1.54, 1.807) is 4.31 Å². The number of nitrogens with zero attached hydrogens (tertiary/aromatic N) is 1. The monoisotopic (exact) mass is 294 g/mol. The number of rotatable bonds is 3. The van der Waals surface area contributed by atoms with E-state index in [2.05, 4.69) is 0 Å². The number of hydrogen-bond acceptors (Lipinski definition) is 3. The highest BCUT2D eigenvalue weighted by atomic mass is 32.2. The maximum Gasteiger partial charge on any atom is 0.218 e. The van der Waals surface area contributed by atoms with E-state index < -0.39 is 10.0 Å². The summed E-state index contributed by atoms with van der Waals surface area (Å²) in [6.45, 7) is 1.27. The summed E-state index contributed by atoms with van der Waals surface area (Å²) >= 11 is 0. The van der Waals surface area contributed by atoms with Crippen molar-refractivity contribution in [1.29, 1.82) is 0 Å². The second-order valence-electron chi connectivity index (χ2n) is 6.08. The molecule has 1 saturated heterocycles. The smallest absolute Gasteiger partial charge is 0.218 e. The molecule has 1 aromatic rings. The second kappa shape index (κ2) is 5.47. The molecule has 0 aromatic heterocycles. The summed E-state index contributed by atoms with van der Waals surface area (Å²) in [7, 11) is -3.22. The highest BCUT2D eigenvalue weighted by Crippen LogP contribution is 2.37. The fraction of sp³-hybridized carbons (Fsp3) is 0.600. The average molecular weight is 294 g/mol. The van der Waals surface area contributed by atoms with E-state index in [1.165, 1.54) is 0 Å². The predicted octanol–water partition coefficient (Wildman–Crippen LogP) is 1.58. The van der Waals surface area contributed by atoms with Crippen molar-refractivity contribution in [2.75, 3.05) is 13.1 Å². The molecule has 20 heavy (non-hydrogen) atoms. The van der Waals surface area contributed by atoms with Gasteiger partial charge in [0, 0.05) is 19.1 Å². The first kappa shape index (κ1) is 14.0. The first-order valence-electron chi connectivity index (χ1n) is 7.33. The van der Waals surface area contributed by atoms with Crippen molar-refractivity contribution < 1.29 is 8.42 Å². The molecular formula is C15H22N2O2S. The highest BCUT2D eigenvalue weighted by Gasteiger charge is 2.42.